The summed E-state index contributed by atoms with van der Waals surface area (Å²) in [5.74, 6) is -7.80. The van der Waals surface area contributed by atoms with E-state index in [9.17, 15) is 47.9 Å². The summed E-state index contributed by atoms with van der Waals surface area (Å²) in [6.45, 7) is 22.8. The lowest BCUT2D eigenvalue weighted by Crippen LogP contribution is -2.61. The molecule has 8 amide bonds. The highest BCUT2D eigenvalue weighted by Gasteiger charge is 2.38. The van der Waals surface area contributed by atoms with Gasteiger partial charge in [-0.25, -0.2) is 4.79 Å². The Morgan fingerprint density at radius 3 is 1.41 bits per heavy atom. The molecule has 1 saturated heterocycles. The third-order valence-corrected chi connectivity index (χ3v) is 15.2. The summed E-state index contributed by atoms with van der Waals surface area (Å²) in [7, 11) is 3.09. The molecule has 0 aromatic heterocycles. The quantitative estimate of drug-likeness (QED) is 0.0312. The molecule has 8 atom stereocenters. The normalized spacial score (nSPS) is 21.6. The Balaban J connectivity index is 2.20. The lowest BCUT2D eigenvalue weighted by Gasteiger charge is -2.30. The molecule has 2 aromatic rings. The van der Waals surface area contributed by atoms with Crippen molar-refractivity contribution in [2.75, 3.05) is 14.2 Å². The van der Waals surface area contributed by atoms with Crippen LogP contribution < -0.4 is 52.0 Å². The average molecular weight is 1260 g/mol. The van der Waals surface area contributed by atoms with Gasteiger partial charge >= 0.3 is 11.9 Å². The van der Waals surface area contributed by atoms with E-state index in [1.807, 2.05) is 65.8 Å². The van der Waals surface area contributed by atoms with Crippen molar-refractivity contribution < 1.29 is 66.9 Å². The van der Waals surface area contributed by atoms with Gasteiger partial charge in [-0.3, -0.25) is 43.2 Å². The second-order valence-electron chi connectivity index (χ2n) is 26.5. The Kier molecular flexibility index (Phi) is 33.4. The average Bonchev–Trinajstić information content (AvgIpc) is 1.21. The number of nitrogens with one attached hydrogen (secondary N) is 8. The minimum atomic E-state index is -1.63. The molecule has 0 bridgehead atoms. The van der Waals surface area contributed by atoms with Crippen LogP contribution in [0.3, 0.4) is 0 Å². The summed E-state index contributed by atoms with van der Waals surface area (Å²) in [5, 5.41) is 22.2. The Morgan fingerprint density at radius 1 is 0.544 bits per heavy atom. The van der Waals surface area contributed by atoms with Crippen LogP contribution in [0, 0.1) is 23.7 Å². The van der Waals surface area contributed by atoms with E-state index >= 15 is 0 Å². The van der Waals surface area contributed by atoms with E-state index in [1.54, 1.807) is 73.1 Å². The van der Waals surface area contributed by atoms with Gasteiger partial charge in [-0.1, -0.05) is 138 Å². The number of hydrogen-bond donors (Lipinski definition) is 8. The Bertz CT molecular complexity index is 2570. The topological polar surface area (TPSA) is 304 Å². The summed E-state index contributed by atoms with van der Waals surface area (Å²) in [6.07, 6.45) is 6.68. The van der Waals surface area contributed by atoms with Crippen LogP contribution in [0.25, 0.3) is 0 Å². The van der Waals surface area contributed by atoms with Crippen molar-refractivity contribution in [3.05, 3.63) is 59.7 Å². The molecular formula is C68H108N8O14. The standard InChI is InChI=1S/C68H108N8O14/c1-16-17-18-19-20-21-22-23-24-25-50-39-57(78)70-51(34-35-56(77)75-60(46-26-30-48(87-14)31-27-46)47-28-32-49(88-15)33-29-47)61(80)71-53(37-42(4)5)63(82)73-54(38-43(6)7)65(84)76-59(44(8)9)66(85)74-55(40-58(79)90-68(11,12)13)64(83)72-52(36-41(2)3)62(81)69-45(10)67(86)89-50/h26-33,41-45,50-55,59-60H,16-25,34-40H2,1-15H3,(H,69,81)(H,70,78)(H,71,80)(H,72,83)(H,73,82)(H,74,85)(H,75,77)(H,76,84)/t45-,50?,51-,52+,53-,54+,55-,59-/m0/s1. The molecule has 22 heteroatoms. The van der Waals surface area contributed by atoms with Gasteiger partial charge in [-0.2, -0.15) is 0 Å². The van der Waals surface area contributed by atoms with Crippen LogP contribution in [-0.4, -0.2) is 127 Å². The molecule has 1 aliphatic rings. The zero-order valence-corrected chi connectivity index (χ0v) is 56.4. The molecule has 1 aliphatic heterocycles. The van der Waals surface area contributed by atoms with Gasteiger partial charge < -0.3 is 61.5 Å². The molecule has 0 radical (unpaired) electrons. The number of methoxy groups -OCH3 is 2. The fourth-order valence-corrected chi connectivity index (χ4v) is 10.4. The van der Waals surface area contributed by atoms with E-state index < -0.39 is 138 Å². The number of carbonyl (C=O) groups is 10. The molecule has 2 aromatic carbocycles. The third-order valence-electron chi connectivity index (χ3n) is 15.2. The molecule has 1 heterocycles. The van der Waals surface area contributed by atoms with E-state index in [2.05, 4.69) is 49.5 Å². The van der Waals surface area contributed by atoms with Gasteiger partial charge in [0.1, 0.15) is 65.5 Å². The van der Waals surface area contributed by atoms with E-state index in [4.69, 9.17) is 18.9 Å². The van der Waals surface area contributed by atoms with Crippen molar-refractivity contribution in [1.29, 1.82) is 0 Å². The van der Waals surface area contributed by atoms with Crippen molar-refractivity contribution in [3.8, 4) is 11.5 Å². The number of unbranched alkanes of at least 4 members (excludes halogenated alkanes) is 8. The Hall–Kier alpha value is -7.26. The smallest absolute Gasteiger partial charge is 0.328 e. The van der Waals surface area contributed by atoms with Crippen LogP contribution in [0.1, 0.15) is 216 Å². The molecule has 0 spiro atoms. The fraction of sp³-hybridized carbons (Fsp3) is 0.676. The van der Waals surface area contributed by atoms with Gasteiger partial charge in [0.2, 0.25) is 47.3 Å². The summed E-state index contributed by atoms with van der Waals surface area (Å²) in [5.41, 5.74) is 0.460. The minimum Gasteiger partial charge on any atom is -0.497 e. The monoisotopic (exact) mass is 1260 g/mol. The molecule has 90 heavy (non-hydrogen) atoms. The molecule has 1 fully saturated rings. The summed E-state index contributed by atoms with van der Waals surface area (Å²) in [6, 6.07) is 4.10. The minimum absolute atomic E-state index is 0.0574. The van der Waals surface area contributed by atoms with E-state index in [0.29, 0.717) is 17.9 Å². The number of carbonyl (C=O) groups excluding carboxylic acids is 10. The second kappa shape index (κ2) is 39.1. The molecule has 504 valence electrons. The van der Waals surface area contributed by atoms with Crippen LogP contribution in [0.5, 0.6) is 11.5 Å². The number of amides is 8. The highest BCUT2D eigenvalue weighted by Crippen LogP contribution is 2.27. The highest BCUT2D eigenvalue weighted by atomic mass is 16.6. The number of benzene rings is 2. The second-order valence-corrected chi connectivity index (χ2v) is 26.5. The van der Waals surface area contributed by atoms with Crippen molar-refractivity contribution in [1.82, 2.24) is 42.5 Å². The molecule has 0 saturated carbocycles. The van der Waals surface area contributed by atoms with E-state index in [0.717, 1.165) is 56.1 Å². The van der Waals surface area contributed by atoms with Crippen molar-refractivity contribution in [3.63, 3.8) is 0 Å². The van der Waals surface area contributed by atoms with Crippen molar-refractivity contribution in [2.24, 2.45) is 23.7 Å². The Labute approximate surface area is 534 Å². The van der Waals surface area contributed by atoms with Gasteiger partial charge in [-0.05, 0) is 125 Å². The summed E-state index contributed by atoms with van der Waals surface area (Å²) < 4.78 is 22.4. The first-order valence-electron chi connectivity index (χ1n) is 32.5. The predicted molar refractivity (Wildman–Crippen MR) is 344 cm³/mol. The molecule has 8 N–H and O–H groups in total. The molecule has 22 nitrogen and oxygen atoms in total. The number of esters is 2. The van der Waals surface area contributed by atoms with Gasteiger partial charge in [0, 0.05) is 6.42 Å². The molecule has 1 unspecified atom stereocenters. The molecule has 3 rings (SSSR count). The van der Waals surface area contributed by atoms with Gasteiger partial charge in [0.25, 0.3) is 0 Å². The lowest BCUT2D eigenvalue weighted by atomic mass is 9.97. The highest BCUT2D eigenvalue weighted by molar-refractivity contribution is 5.98. The van der Waals surface area contributed by atoms with Crippen LogP contribution in [0.2, 0.25) is 0 Å². The first-order valence-corrected chi connectivity index (χ1v) is 32.5. The lowest BCUT2D eigenvalue weighted by molar-refractivity contribution is -0.157. The number of hydrogen-bond acceptors (Lipinski definition) is 14. The van der Waals surface area contributed by atoms with Crippen LogP contribution in [-0.2, 0) is 57.4 Å². The van der Waals surface area contributed by atoms with Crippen molar-refractivity contribution in [2.45, 2.75) is 259 Å². The fourth-order valence-electron chi connectivity index (χ4n) is 10.4. The first kappa shape index (κ1) is 77.0. The number of cyclic esters (lactones) is 1. The predicted octanol–water partition coefficient (Wildman–Crippen LogP) is 7.87. The zero-order chi connectivity index (χ0) is 67.3. The maximum atomic E-state index is 14.9. The zero-order valence-electron chi connectivity index (χ0n) is 56.4. The van der Waals surface area contributed by atoms with Gasteiger partial charge in [0.05, 0.1) is 33.1 Å². The summed E-state index contributed by atoms with van der Waals surface area (Å²) >= 11 is 0. The van der Waals surface area contributed by atoms with E-state index in [-0.39, 0.29) is 56.3 Å². The maximum Gasteiger partial charge on any atom is 0.328 e. The first-order chi connectivity index (χ1) is 42.4. The Morgan fingerprint density at radius 2 is 0.967 bits per heavy atom. The van der Waals surface area contributed by atoms with Crippen molar-refractivity contribution >= 4 is 59.2 Å². The number of rotatable bonds is 27. The van der Waals surface area contributed by atoms with Crippen LogP contribution >= 0.6 is 0 Å². The summed E-state index contributed by atoms with van der Waals surface area (Å²) in [4.78, 5) is 143. The van der Waals surface area contributed by atoms with Crippen LogP contribution in [0.15, 0.2) is 48.5 Å². The molecule has 0 aliphatic carbocycles. The maximum absolute atomic E-state index is 14.9. The van der Waals surface area contributed by atoms with E-state index in [1.165, 1.54) is 13.3 Å². The largest absolute Gasteiger partial charge is 0.497 e. The van der Waals surface area contributed by atoms with Gasteiger partial charge in [0.15, 0.2) is 0 Å². The number of ether oxygens (including phenoxy) is 4. The third kappa shape index (κ3) is 28.7. The van der Waals surface area contributed by atoms with Gasteiger partial charge in [-0.15, -0.1) is 0 Å². The van der Waals surface area contributed by atoms with Crippen LogP contribution in [0.4, 0.5) is 0 Å². The SMILES string of the molecule is CCCCCCCCCCCC1CC(=O)N[C@@H](CCC(=O)NC(c2ccc(OC)cc2)c2ccc(OC)cc2)C(=O)N[C@@H](CC(C)C)C(=O)N[C@H](CC(C)C)C(=O)N[C@@H](C(C)C)C(=O)N[C@@H](CC(=O)OC(C)(C)C)C(=O)N[C@H](CC(C)C)C(=O)N[C@@H](C)C(=O)O1. The molecular weight excluding hydrogens is 1150 g/mol.